The Morgan fingerprint density at radius 2 is 1.90 bits per heavy atom. The van der Waals surface area contributed by atoms with Crippen LogP contribution in [0, 0.1) is 5.92 Å². The van der Waals surface area contributed by atoms with Gasteiger partial charge >= 0.3 is 0 Å². The van der Waals surface area contributed by atoms with E-state index in [1.807, 2.05) is 30.3 Å². The Balaban J connectivity index is 1.40. The fourth-order valence-corrected chi connectivity index (χ4v) is 3.71. The molecule has 2 aliphatic rings. The van der Waals surface area contributed by atoms with Crippen molar-refractivity contribution < 1.29 is 24.2 Å². The first-order chi connectivity index (χ1) is 14.1. The molecule has 2 aromatic carbocycles. The van der Waals surface area contributed by atoms with Crippen molar-refractivity contribution in [3.05, 3.63) is 54.1 Å². The third-order valence-corrected chi connectivity index (χ3v) is 5.22. The predicted molar refractivity (Wildman–Crippen MR) is 107 cm³/mol. The number of rotatable bonds is 6. The SMILES string of the molecule is O=C(N[C@H](CO)Cc1ccccc1)C1CC(=O)N(c2ccc3c(c2)OCCO3)C1. The van der Waals surface area contributed by atoms with E-state index in [1.165, 1.54) is 0 Å². The highest BCUT2D eigenvalue weighted by molar-refractivity contribution is 6.00. The van der Waals surface area contributed by atoms with Gasteiger partial charge in [0.05, 0.1) is 18.6 Å². The van der Waals surface area contributed by atoms with Crippen LogP contribution in [0.4, 0.5) is 5.69 Å². The van der Waals surface area contributed by atoms with Gasteiger partial charge in [0.15, 0.2) is 11.5 Å². The van der Waals surface area contributed by atoms with Crippen LogP contribution in [-0.2, 0) is 16.0 Å². The van der Waals surface area contributed by atoms with Crippen LogP contribution < -0.4 is 19.7 Å². The maximum Gasteiger partial charge on any atom is 0.227 e. The molecule has 2 atom stereocenters. The van der Waals surface area contributed by atoms with Crippen molar-refractivity contribution in [3.63, 3.8) is 0 Å². The molecule has 2 N–H and O–H groups in total. The Kier molecular flexibility index (Phi) is 5.67. The Morgan fingerprint density at radius 1 is 1.14 bits per heavy atom. The number of hydrogen-bond acceptors (Lipinski definition) is 5. The molecule has 2 amide bonds. The van der Waals surface area contributed by atoms with Gasteiger partial charge in [-0.15, -0.1) is 0 Å². The molecular formula is C22H24N2O5. The predicted octanol–water partition coefficient (Wildman–Crippen LogP) is 1.53. The lowest BCUT2D eigenvalue weighted by Crippen LogP contribution is -2.43. The second kappa shape index (κ2) is 8.53. The van der Waals surface area contributed by atoms with Gasteiger partial charge in [-0.25, -0.2) is 0 Å². The van der Waals surface area contributed by atoms with E-state index in [0.717, 1.165) is 5.56 Å². The highest BCUT2D eigenvalue weighted by Crippen LogP contribution is 2.36. The molecule has 0 spiro atoms. The normalized spacial score (nSPS) is 19.1. The topological polar surface area (TPSA) is 88.1 Å². The van der Waals surface area contributed by atoms with Crippen LogP contribution >= 0.6 is 0 Å². The molecule has 1 saturated heterocycles. The molecule has 2 aromatic rings. The van der Waals surface area contributed by atoms with E-state index in [2.05, 4.69) is 5.32 Å². The quantitative estimate of drug-likeness (QED) is 0.773. The van der Waals surface area contributed by atoms with Crippen LogP contribution in [0.1, 0.15) is 12.0 Å². The molecule has 0 aromatic heterocycles. The largest absolute Gasteiger partial charge is 0.486 e. The maximum absolute atomic E-state index is 12.7. The zero-order valence-electron chi connectivity index (χ0n) is 16.0. The molecule has 4 rings (SSSR count). The van der Waals surface area contributed by atoms with E-state index in [1.54, 1.807) is 23.1 Å². The summed E-state index contributed by atoms with van der Waals surface area (Å²) in [4.78, 5) is 26.8. The van der Waals surface area contributed by atoms with Gasteiger partial charge in [-0.3, -0.25) is 9.59 Å². The van der Waals surface area contributed by atoms with Crippen LogP contribution in [0.2, 0.25) is 0 Å². The van der Waals surface area contributed by atoms with Crippen LogP contribution in [0.5, 0.6) is 11.5 Å². The Bertz CT molecular complexity index is 886. The highest BCUT2D eigenvalue weighted by Gasteiger charge is 2.36. The minimum Gasteiger partial charge on any atom is -0.486 e. The van der Waals surface area contributed by atoms with Crippen molar-refractivity contribution in [1.82, 2.24) is 5.32 Å². The van der Waals surface area contributed by atoms with Gasteiger partial charge in [-0.1, -0.05) is 30.3 Å². The monoisotopic (exact) mass is 396 g/mol. The summed E-state index contributed by atoms with van der Waals surface area (Å²) >= 11 is 0. The zero-order chi connectivity index (χ0) is 20.2. The number of ether oxygens (including phenoxy) is 2. The van der Waals surface area contributed by atoms with E-state index in [-0.39, 0.29) is 30.9 Å². The number of hydrogen-bond donors (Lipinski definition) is 2. The maximum atomic E-state index is 12.7. The second-order valence-corrected chi connectivity index (χ2v) is 7.31. The Hall–Kier alpha value is -3.06. The molecular weight excluding hydrogens is 372 g/mol. The number of nitrogens with one attached hydrogen (secondary N) is 1. The van der Waals surface area contributed by atoms with Gasteiger partial charge in [0.25, 0.3) is 0 Å². The number of carbonyl (C=O) groups is 2. The molecule has 1 fully saturated rings. The van der Waals surface area contributed by atoms with Crippen molar-refractivity contribution in [2.45, 2.75) is 18.9 Å². The number of nitrogens with zero attached hydrogens (tertiary/aromatic N) is 1. The van der Waals surface area contributed by atoms with Gasteiger partial charge < -0.3 is 24.8 Å². The van der Waals surface area contributed by atoms with Gasteiger partial charge in [-0.05, 0) is 24.1 Å². The molecule has 0 radical (unpaired) electrons. The minimum atomic E-state index is -0.458. The summed E-state index contributed by atoms with van der Waals surface area (Å²) in [6, 6.07) is 14.7. The van der Waals surface area contributed by atoms with E-state index in [0.29, 0.717) is 43.4 Å². The van der Waals surface area contributed by atoms with E-state index in [9.17, 15) is 14.7 Å². The first-order valence-electron chi connectivity index (χ1n) is 9.79. The van der Waals surface area contributed by atoms with E-state index in [4.69, 9.17) is 9.47 Å². The minimum absolute atomic E-state index is 0.106. The molecule has 1 unspecified atom stereocenters. The summed E-state index contributed by atoms with van der Waals surface area (Å²) in [6.45, 7) is 1.12. The number of amides is 2. The zero-order valence-corrected chi connectivity index (χ0v) is 16.0. The summed E-state index contributed by atoms with van der Waals surface area (Å²) in [5.41, 5.74) is 1.73. The van der Waals surface area contributed by atoms with E-state index < -0.39 is 5.92 Å². The summed E-state index contributed by atoms with van der Waals surface area (Å²) in [5.74, 6) is 0.490. The molecule has 2 aliphatic heterocycles. The molecule has 0 aliphatic carbocycles. The van der Waals surface area contributed by atoms with Crippen molar-refractivity contribution in [2.75, 3.05) is 31.3 Å². The number of aliphatic hydroxyl groups excluding tert-OH is 1. The van der Waals surface area contributed by atoms with Gasteiger partial charge in [0, 0.05) is 24.7 Å². The standard InChI is InChI=1S/C22H24N2O5/c25-14-17(10-15-4-2-1-3-5-15)23-22(27)16-11-21(26)24(13-16)18-6-7-19-20(12-18)29-9-8-28-19/h1-7,12,16-17,25H,8-11,13-14H2,(H,23,27)/t16?,17-/m0/s1. The summed E-state index contributed by atoms with van der Waals surface area (Å²) in [6.07, 6.45) is 0.680. The summed E-state index contributed by atoms with van der Waals surface area (Å²) < 4.78 is 11.1. The molecule has 2 heterocycles. The smallest absolute Gasteiger partial charge is 0.227 e. The van der Waals surface area contributed by atoms with Crippen molar-refractivity contribution >= 4 is 17.5 Å². The molecule has 0 bridgehead atoms. The second-order valence-electron chi connectivity index (χ2n) is 7.31. The number of benzene rings is 2. The van der Waals surface area contributed by atoms with Crippen molar-refractivity contribution in [1.29, 1.82) is 0 Å². The average molecular weight is 396 g/mol. The highest BCUT2D eigenvalue weighted by atomic mass is 16.6. The van der Waals surface area contributed by atoms with Crippen LogP contribution in [0.3, 0.4) is 0 Å². The first-order valence-corrected chi connectivity index (χ1v) is 9.79. The number of aliphatic hydroxyl groups is 1. The lowest BCUT2D eigenvalue weighted by Gasteiger charge is -2.22. The third-order valence-electron chi connectivity index (χ3n) is 5.22. The number of carbonyl (C=O) groups excluding carboxylic acids is 2. The summed E-state index contributed by atoms with van der Waals surface area (Å²) in [7, 11) is 0. The first kappa shape index (κ1) is 19.3. The Labute approximate surface area is 169 Å². The average Bonchev–Trinajstić information content (AvgIpc) is 3.15. The lowest BCUT2D eigenvalue weighted by atomic mass is 10.0. The van der Waals surface area contributed by atoms with Gasteiger partial charge in [-0.2, -0.15) is 0 Å². The number of anilines is 1. The van der Waals surface area contributed by atoms with Crippen molar-refractivity contribution in [2.24, 2.45) is 5.92 Å². The molecule has 7 nitrogen and oxygen atoms in total. The Morgan fingerprint density at radius 3 is 2.66 bits per heavy atom. The third kappa shape index (κ3) is 4.35. The fraction of sp³-hybridized carbons (Fsp3) is 0.364. The van der Waals surface area contributed by atoms with Gasteiger partial charge in [0.1, 0.15) is 13.2 Å². The van der Waals surface area contributed by atoms with E-state index >= 15 is 0 Å². The van der Waals surface area contributed by atoms with Crippen LogP contribution in [0.25, 0.3) is 0 Å². The molecule has 0 saturated carbocycles. The lowest BCUT2D eigenvalue weighted by molar-refractivity contribution is -0.127. The van der Waals surface area contributed by atoms with Crippen LogP contribution in [0.15, 0.2) is 48.5 Å². The van der Waals surface area contributed by atoms with Gasteiger partial charge in [0.2, 0.25) is 11.8 Å². The fourth-order valence-electron chi connectivity index (χ4n) is 3.71. The van der Waals surface area contributed by atoms with Crippen molar-refractivity contribution in [3.8, 4) is 11.5 Å². The van der Waals surface area contributed by atoms with Crippen LogP contribution in [-0.4, -0.2) is 49.3 Å². The summed E-state index contributed by atoms with van der Waals surface area (Å²) in [5, 5.41) is 12.5. The number of fused-ring (bicyclic) bond motifs is 1. The molecule has 29 heavy (non-hydrogen) atoms. The molecule has 152 valence electrons. The molecule has 7 heteroatoms.